The average Bonchev–Trinajstić information content (AvgIpc) is 3.49. The Bertz CT molecular complexity index is 1530. The monoisotopic (exact) mass is 575 g/mol. The van der Waals surface area contributed by atoms with Crippen molar-refractivity contribution in [3.63, 3.8) is 0 Å². The van der Waals surface area contributed by atoms with Crippen LogP contribution in [0.2, 0.25) is 0 Å². The van der Waals surface area contributed by atoms with Gasteiger partial charge in [0.15, 0.2) is 22.8 Å². The maximum Gasteiger partial charge on any atom is 0.193 e. The molecule has 3 saturated carbocycles. The summed E-state index contributed by atoms with van der Waals surface area (Å²) in [4.78, 5) is 32.5. The van der Waals surface area contributed by atoms with E-state index in [-0.39, 0.29) is 18.4 Å². The lowest BCUT2D eigenvalue weighted by atomic mass is 9.44. The third-order valence-electron chi connectivity index (χ3n) is 11.4. The number of rotatable bonds is 4. The molecule has 0 spiro atoms. The zero-order valence-corrected chi connectivity index (χ0v) is 23.7. The number of hydrogen-bond donors (Lipinski definition) is 2. The molecule has 220 valence electrons. The number of carbonyl (C=O) groups is 2. The van der Waals surface area contributed by atoms with Gasteiger partial charge in [0.25, 0.3) is 0 Å². The highest BCUT2D eigenvalue weighted by Crippen LogP contribution is 2.72. The number of Topliss-reactive ketones (excluding diaryl/α,β-unsaturated/α-hetero) is 1. The van der Waals surface area contributed by atoms with E-state index < -0.39 is 70.3 Å². The minimum atomic E-state index is -2.24. The van der Waals surface area contributed by atoms with Crippen LogP contribution >= 0.6 is 0 Å². The van der Waals surface area contributed by atoms with E-state index in [4.69, 9.17) is 4.84 Å². The number of aliphatic hydroxyl groups is 2. The molecule has 0 bridgehead atoms. The fourth-order valence-electron chi connectivity index (χ4n) is 9.49. The number of halogens is 2. The molecule has 42 heavy (non-hydrogen) atoms. The molecule has 7 rings (SSSR count). The molecule has 5 aliphatic rings. The van der Waals surface area contributed by atoms with Crippen LogP contribution in [0.15, 0.2) is 78.4 Å². The number of hydrogen-bond acceptors (Lipinski definition) is 6. The van der Waals surface area contributed by atoms with Gasteiger partial charge in [-0.05, 0) is 73.1 Å². The maximum absolute atomic E-state index is 17.6. The van der Waals surface area contributed by atoms with E-state index >= 15 is 8.78 Å². The molecule has 2 aromatic carbocycles. The number of carbonyl (C=O) groups excluding carboxylic acids is 2. The van der Waals surface area contributed by atoms with Gasteiger partial charge in [0, 0.05) is 22.7 Å². The maximum atomic E-state index is 17.6. The van der Waals surface area contributed by atoms with Crippen molar-refractivity contribution in [2.24, 2.45) is 28.6 Å². The summed E-state index contributed by atoms with van der Waals surface area (Å²) in [5.74, 6) is -2.73. The molecule has 1 aliphatic heterocycles. The molecule has 0 unspecified atom stereocenters. The largest absolute Gasteiger partial charge is 0.390 e. The normalized spacial score (nSPS) is 42.0. The Balaban J connectivity index is 1.28. The summed E-state index contributed by atoms with van der Waals surface area (Å²) < 4.78 is 33.4. The van der Waals surface area contributed by atoms with Gasteiger partial charge in [-0.3, -0.25) is 19.5 Å². The van der Waals surface area contributed by atoms with Crippen LogP contribution in [0.1, 0.15) is 33.1 Å². The van der Waals surface area contributed by atoms with Crippen molar-refractivity contribution < 1.29 is 33.4 Å². The first-order valence-corrected chi connectivity index (χ1v) is 14.7. The second kappa shape index (κ2) is 9.15. The number of fused-ring (bicyclic) bond motifs is 7. The number of benzene rings is 2. The van der Waals surface area contributed by atoms with E-state index in [0.717, 1.165) is 16.8 Å². The quantitative estimate of drug-likeness (QED) is 0.537. The van der Waals surface area contributed by atoms with E-state index in [1.54, 1.807) is 12.0 Å². The zero-order chi connectivity index (χ0) is 29.7. The Hall–Kier alpha value is -3.20. The van der Waals surface area contributed by atoms with Gasteiger partial charge in [-0.2, -0.15) is 0 Å². The lowest BCUT2D eigenvalue weighted by Gasteiger charge is -2.63. The minimum absolute atomic E-state index is 0.0662. The summed E-state index contributed by atoms with van der Waals surface area (Å²) in [5.41, 5.74) is -3.52. The van der Waals surface area contributed by atoms with Crippen LogP contribution in [-0.2, 0) is 14.4 Å². The summed E-state index contributed by atoms with van der Waals surface area (Å²) in [6.07, 6.45) is 0.807. The number of hydroxylamine groups is 1. The van der Waals surface area contributed by atoms with Crippen molar-refractivity contribution in [1.29, 1.82) is 0 Å². The second-order valence-electron chi connectivity index (χ2n) is 13.2. The molecule has 2 N–H and O–H groups in total. The van der Waals surface area contributed by atoms with Gasteiger partial charge in [0.1, 0.15) is 12.8 Å². The SMILES string of the molecule is C[C@]12C=CC(=O)C=C1[C@@H](F)C[C@H]1[C@@H]3C[C@H]4CN(c5cccc(-c6ccccc6)c5)O[C@@]4(C(=O)CO)[C@@]3(C)C[C@H](O)[C@@]12F. The Morgan fingerprint density at radius 2 is 1.81 bits per heavy atom. The molecule has 6 nitrogen and oxygen atoms in total. The molecule has 1 heterocycles. The lowest BCUT2D eigenvalue weighted by molar-refractivity contribution is -0.228. The smallest absolute Gasteiger partial charge is 0.193 e. The number of aliphatic hydroxyl groups excluding tert-OH is 2. The highest BCUT2D eigenvalue weighted by Gasteiger charge is 2.79. The van der Waals surface area contributed by atoms with E-state index in [1.807, 2.05) is 61.5 Å². The first-order chi connectivity index (χ1) is 20.0. The van der Waals surface area contributed by atoms with Crippen molar-refractivity contribution in [3.8, 4) is 11.1 Å². The second-order valence-corrected chi connectivity index (χ2v) is 13.2. The molecule has 0 amide bonds. The number of anilines is 1. The Morgan fingerprint density at radius 1 is 1.07 bits per heavy atom. The van der Waals surface area contributed by atoms with Crippen molar-refractivity contribution >= 4 is 17.3 Å². The zero-order valence-electron chi connectivity index (χ0n) is 23.7. The summed E-state index contributed by atoms with van der Waals surface area (Å²) in [6.45, 7) is 2.96. The van der Waals surface area contributed by atoms with Crippen LogP contribution in [0.25, 0.3) is 11.1 Å². The molecule has 0 radical (unpaired) electrons. The van der Waals surface area contributed by atoms with Crippen LogP contribution in [0.5, 0.6) is 0 Å². The van der Waals surface area contributed by atoms with Crippen molar-refractivity contribution in [3.05, 3.63) is 78.4 Å². The van der Waals surface area contributed by atoms with Crippen LogP contribution < -0.4 is 5.06 Å². The van der Waals surface area contributed by atoms with Gasteiger partial charge in [0.05, 0.1) is 18.3 Å². The molecule has 9 atom stereocenters. The molecule has 4 fully saturated rings. The highest BCUT2D eigenvalue weighted by atomic mass is 19.1. The Labute approximate surface area is 243 Å². The van der Waals surface area contributed by atoms with E-state index in [2.05, 4.69) is 0 Å². The van der Waals surface area contributed by atoms with E-state index in [0.29, 0.717) is 13.0 Å². The summed E-state index contributed by atoms with van der Waals surface area (Å²) >= 11 is 0. The number of alkyl halides is 2. The summed E-state index contributed by atoms with van der Waals surface area (Å²) in [7, 11) is 0. The van der Waals surface area contributed by atoms with Crippen LogP contribution in [0.4, 0.5) is 14.5 Å². The van der Waals surface area contributed by atoms with Gasteiger partial charge in [0.2, 0.25) is 0 Å². The molecule has 8 heteroatoms. The van der Waals surface area contributed by atoms with Crippen molar-refractivity contribution in [2.75, 3.05) is 18.2 Å². The molecule has 0 aromatic heterocycles. The van der Waals surface area contributed by atoms with Crippen molar-refractivity contribution in [2.45, 2.75) is 56.7 Å². The van der Waals surface area contributed by atoms with Crippen LogP contribution in [0, 0.1) is 28.6 Å². The predicted octanol–water partition coefficient (Wildman–Crippen LogP) is 4.95. The number of nitrogens with zero attached hydrogens (tertiary/aromatic N) is 1. The number of allylic oxidation sites excluding steroid dienone is 4. The first kappa shape index (κ1) is 27.6. The summed E-state index contributed by atoms with van der Waals surface area (Å²) in [6, 6.07) is 17.7. The third-order valence-corrected chi connectivity index (χ3v) is 11.4. The lowest BCUT2D eigenvalue weighted by Crippen LogP contribution is -2.70. The highest BCUT2D eigenvalue weighted by molar-refractivity contribution is 6.01. The number of ketones is 2. The van der Waals surface area contributed by atoms with Gasteiger partial charge in [-0.1, -0.05) is 55.5 Å². The standard InChI is InChI=1S/C34H35F2NO5/c1-31-12-11-24(39)15-27(31)28(35)16-26-25-14-22-18-37(23-10-6-9-21(13-23)20-7-4-3-5-8-20)42-34(22,30(41)19-38)32(25,2)17-29(40)33(26,31)36/h3-13,15,22,25-26,28-29,38,40H,14,16-19H2,1-2H3/t22-,25-,26-,28-,29-,31-,32-,33-,34-/m0/s1. The molecule has 1 saturated heterocycles. The Morgan fingerprint density at radius 3 is 2.55 bits per heavy atom. The fourth-order valence-corrected chi connectivity index (χ4v) is 9.49. The predicted molar refractivity (Wildman–Crippen MR) is 153 cm³/mol. The van der Waals surface area contributed by atoms with Crippen molar-refractivity contribution in [1.82, 2.24) is 0 Å². The topological polar surface area (TPSA) is 87.1 Å². The average molecular weight is 576 g/mol. The molecule has 4 aliphatic carbocycles. The van der Waals surface area contributed by atoms with E-state index in [1.165, 1.54) is 18.2 Å². The van der Waals surface area contributed by atoms with Crippen LogP contribution in [-0.4, -0.2) is 58.5 Å². The molecule has 2 aromatic rings. The molecular weight excluding hydrogens is 540 g/mol. The summed E-state index contributed by atoms with van der Waals surface area (Å²) in [5, 5.41) is 23.6. The third kappa shape index (κ3) is 3.34. The van der Waals surface area contributed by atoms with Gasteiger partial charge in [-0.25, -0.2) is 8.78 Å². The first-order valence-electron chi connectivity index (χ1n) is 14.7. The van der Waals surface area contributed by atoms with Gasteiger partial charge in [-0.15, -0.1) is 0 Å². The van der Waals surface area contributed by atoms with Gasteiger partial charge < -0.3 is 10.2 Å². The fraction of sp³-hybridized carbons (Fsp3) is 0.471. The van der Waals surface area contributed by atoms with E-state index in [9.17, 15) is 19.8 Å². The Kier molecular flexibility index (Phi) is 6.02. The minimum Gasteiger partial charge on any atom is -0.390 e. The molecular formula is C34H35F2NO5. The van der Waals surface area contributed by atoms with Crippen LogP contribution in [0.3, 0.4) is 0 Å². The van der Waals surface area contributed by atoms with Gasteiger partial charge >= 0.3 is 0 Å².